The molecule has 0 spiro atoms. The van der Waals surface area contributed by atoms with Crippen LogP contribution in [0.5, 0.6) is 11.5 Å². The first-order valence-electron chi connectivity index (χ1n) is 6.86. The molecule has 0 aromatic heterocycles. The molecule has 0 aliphatic carbocycles. The number of ether oxygens (including phenoxy) is 1. The van der Waals surface area contributed by atoms with Crippen LogP contribution in [0.1, 0.15) is 39.2 Å². The number of nitrogens with one attached hydrogen (secondary N) is 1. The highest BCUT2D eigenvalue weighted by atomic mass is 16.5. The summed E-state index contributed by atoms with van der Waals surface area (Å²) >= 11 is 0. The van der Waals surface area contributed by atoms with Crippen molar-refractivity contribution >= 4 is 0 Å². The van der Waals surface area contributed by atoms with Gasteiger partial charge in [-0.05, 0) is 38.0 Å². The van der Waals surface area contributed by atoms with Crippen molar-refractivity contribution in [3.05, 3.63) is 23.8 Å². The van der Waals surface area contributed by atoms with E-state index in [1.807, 2.05) is 26.0 Å². The summed E-state index contributed by atoms with van der Waals surface area (Å²) in [6.07, 6.45) is 1.74. The molecule has 0 saturated heterocycles. The molecule has 1 aromatic carbocycles. The summed E-state index contributed by atoms with van der Waals surface area (Å²) in [5, 5.41) is 22.9. The summed E-state index contributed by atoms with van der Waals surface area (Å²) < 4.78 is 5.34. The molecule has 0 saturated carbocycles. The molecule has 0 heterocycles. The summed E-state index contributed by atoms with van der Waals surface area (Å²) in [6, 6.07) is 5.30. The molecule has 0 aliphatic heterocycles. The Kier molecular flexibility index (Phi) is 6.12. The first-order valence-corrected chi connectivity index (χ1v) is 6.86. The Labute approximate surface area is 115 Å². The zero-order chi connectivity index (χ0) is 14.3. The highest BCUT2D eigenvalue weighted by Gasteiger charge is 2.18. The molecule has 0 fully saturated rings. The van der Waals surface area contributed by atoms with Gasteiger partial charge in [0, 0.05) is 13.1 Å². The Morgan fingerprint density at radius 2 is 2.05 bits per heavy atom. The van der Waals surface area contributed by atoms with Gasteiger partial charge < -0.3 is 20.3 Å². The fraction of sp³-hybridized carbons (Fsp3) is 0.600. The third kappa shape index (κ3) is 5.49. The van der Waals surface area contributed by atoms with E-state index in [0.717, 1.165) is 18.4 Å². The predicted molar refractivity (Wildman–Crippen MR) is 76.5 cm³/mol. The van der Waals surface area contributed by atoms with Gasteiger partial charge in [0.15, 0.2) is 11.5 Å². The van der Waals surface area contributed by atoms with E-state index in [4.69, 9.17) is 4.74 Å². The van der Waals surface area contributed by atoms with Gasteiger partial charge >= 0.3 is 0 Å². The Morgan fingerprint density at radius 1 is 1.32 bits per heavy atom. The van der Waals surface area contributed by atoms with Gasteiger partial charge in [-0.2, -0.15) is 0 Å². The molecule has 0 amide bonds. The van der Waals surface area contributed by atoms with Crippen LogP contribution in [0.4, 0.5) is 0 Å². The van der Waals surface area contributed by atoms with Gasteiger partial charge in [0.2, 0.25) is 0 Å². The van der Waals surface area contributed by atoms with Gasteiger partial charge in [-0.25, -0.2) is 0 Å². The topological polar surface area (TPSA) is 61.7 Å². The number of phenols is 1. The van der Waals surface area contributed by atoms with E-state index < -0.39 is 5.60 Å². The van der Waals surface area contributed by atoms with E-state index >= 15 is 0 Å². The summed E-state index contributed by atoms with van der Waals surface area (Å²) in [5.41, 5.74) is 0.350. The average molecular weight is 267 g/mol. The van der Waals surface area contributed by atoms with E-state index in [9.17, 15) is 10.2 Å². The summed E-state index contributed by atoms with van der Waals surface area (Å²) in [4.78, 5) is 0. The van der Waals surface area contributed by atoms with Crippen LogP contribution in [0, 0.1) is 0 Å². The second-order valence-electron chi connectivity index (χ2n) is 5.09. The lowest BCUT2D eigenvalue weighted by molar-refractivity contribution is 0.0498. The normalized spacial score (nSPS) is 14.1. The molecule has 1 atom stereocenters. The van der Waals surface area contributed by atoms with Crippen molar-refractivity contribution < 1.29 is 14.9 Å². The summed E-state index contributed by atoms with van der Waals surface area (Å²) in [7, 11) is 0. The number of phenolic OH excluding ortho intramolecular Hbond substituents is 1. The number of benzene rings is 1. The smallest absolute Gasteiger partial charge is 0.161 e. The fourth-order valence-corrected chi connectivity index (χ4v) is 2.04. The average Bonchev–Trinajstić information content (AvgIpc) is 2.33. The lowest BCUT2D eigenvalue weighted by Gasteiger charge is -2.23. The van der Waals surface area contributed by atoms with E-state index in [1.54, 1.807) is 6.07 Å². The van der Waals surface area contributed by atoms with Crippen LogP contribution in [-0.4, -0.2) is 29.0 Å². The van der Waals surface area contributed by atoms with E-state index in [-0.39, 0.29) is 5.75 Å². The van der Waals surface area contributed by atoms with Crippen molar-refractivity contribution in [2.24, 2.45) is 0 Å². The van der Waals surface area contributed by atoms with Crippen LogP contribution >= 0.6 is 0 Å². The summed E-state index contributed by atoms with van der Waals surface area (Å²) in [5.74, 6) is 0.658. The maximum atomic E-state index is 10.0. The van der Waals surface area contributed by atoms with Crippen LogP contribution in [0.3, 0.4) is 0 Å². The minimum atomic E-state index is -0.672. The Morgan fingerprint density at radius 3 is 2.68 bits per heavy atom. The number of hydrogen-bond acceptors (Lipinski definition) is 4. The molecule has 3 N–H and O–H groups in total. The number of rotatable bonds is 8. The minimum absolute atomic E-state index is 0.156. The molecule has 0 radical (unpaired) electrons. The van der Waals surface area contributed by atoms with Crippen molar-refractivity contribution in [2.45, 2.75) is 45.8 Å². The van der Waals surface area contributed by atoms with Gasteiger partial charge in [0.05, 0.1) is 12.2 Å². The monoisotopic (exact) mass is 267 g/mol. The van der Waals surface area contributed by atoms with Gasteiger partial charge in [0.25, 0.3) is 0 Å². The van der Waals surface area contributed by atoms with Gasteiger partial charge in [-0.1, -0.05) is 19.4 Å². The van der Waals surface area contributed by atoms with Crippen molar-refractivity contribution in [1.29, 1.82) is 0 Å². The third-order valence-corrected chi connectivity index (χ3v) is 2.95. The molecule has 1 unspecified atom stereocenters. The molecule has 4 heteroatoms. The molecule has 19 heavy (non-hydrogen) atoms. The standard InChI is InChI=1S/C15H25NO3/c1-4-8-15(3,18)11-16-10-12-6-7-13(17)14(9-12)19-5-2/h6-7,9,16-18H,4-5,8,10-11H2,1-3H3. The zero-order valence-electron chi connectivity index (χ0n) is 12.1. The van der Waals surface area contributed by atoms with Crippen LogP contribution < -0.4 is 10.1 Å². The lowest BCUT2D eigenvalue weighted by Crippen LogP contribution is -2.37. The molecular weight excluding hydrogens is 242 g/mol. The quantitative estimate of drug-likeness (QED) is 0.677. The van der Waals surface area contributed by atoms with Crippen molar-refractivity contribution in [3.8, 4) is 11.5 Å². The molecule has 108 valence electrons. The van der Waals surface area contributed by atoms with Crippen LogP contribution in [0.25, 0.3) is 0 Å². The predicted octanol–water partition coefficient (Wildman–Crippen LogP) is 2.43. The molecule has 0 bridgehead atoms. The number of hydrogen-bond donors (Lipinski definition) is 3. The molecule has 1 rings (SSSR count). The first kappa shape index (κ1) is 15.8. The van der Waals surface area contributed by atoms with E-state index in [0.29, 0.717) is 25.4 Å². The molecule has 4 nitrogen and oxygen atoms in total. The lowest BCUT2D eigenvalue weighted by atomic mass is 10.0. The van der Waals surface area contributed by atoms with Crippen molar-refractivity contribution in [1.82, 2.24) is 5.32 Å². The Hall–Kier alpha value is -1.26. The highest BCUT2D eigenvalue weighted by molar-refractivity contribution is 5.41. The molecular formula is C15H25NO3. The van der Waals surface area contributed by atoms with Crippen LogP contribution in [0.2, 0.25) is 0 Å². The fourth-order valence-electron chi connectivity index (χ4n) is 2.04. The van der Waals surface area contributed by atoms with Crippen LogP contribution in [0.15, 0.2) is 18.2 Å². The second-order valence-corrected chi connectivity index (χ2v) is 5.09. The van der Waals surface area contributed by atoms with Gasteiger partial charge in [0.1, 0.15) is 0 Å². The maximum Gasteiger partial charge on any atom is 0.161 e. The van der Waals surface area contributed by atoms with Crippen LogP contribution in [-0.2, 0) is 6.54 Å². The zero-order valence-corrected chi connectivity index (χ0v) is 12.1. The van der Waals surface area contributed by atoms with E-state index in [2.05, 4.69) is 12.2 Å². The minimum Gasteiger partial charge on any atom is -0.504 e. The van der Waals surface area contributed by atoms with Gasteiger partial charge in [-0.3, -0.25) is 0 Å². The second kappa shape index (κ2) is 7.36. The van der Waals surface area contributed by atoms with Gasteiger partial charge in [-0.15, -0.1) is 0 Å². The highest BCUT2D eigenvalue weighted by Crippen LogP contribution is 2.26. The first-order chi connectivity index (χ1) is 8.98. The molecule has 0 aliphatic rings. The largest absolute Gasteiger partial charge is 0.504 e. The maximum absolute atomic E-state index is 10.0. The number of aliphatic hydroxyl groups is 1. The third-order valence-electron chi connectivity index (χ3n) is 2.95. The van der Waals surface area contributed by atoms with E-state index in [1.165, 1.54) is 0 Å². The molecule has 1 aromatic rings. The Bertz CT molecular complexity index is 391. The Balaban J connectivity index is 2.51. The SMILES string of the molecule is CCCC(C)(O)CNCc1ccc(O)c(OCC)c1. The summed E-state index contributed by atoms with van der Waals surface area (Å²) in [6.45, 7) is 7.49. The van der Waals surface area contributed by atoms with Crippen molar-refractivity contribution in [2.75, 3.05) is 13.2 Å². The van der Waals surface area contributed by atoms with Crippen molar-refractivity contribution in [3.63, 3.8) is 0 Å². The number of aromatic hydroxyl groups is 1.